The average Bonchev–Trinajstić information content (AvgIpc) is 3.00. The lowest BCUT2D eigenvalue weighted by molar-refractivity contribution is -0.159. The minimum Gasteiger partial charge on any atom is -0.497 e. The van der Waals surface area contributed by atoms with Gasteiger partial charge in [-0.15, -0.1) is 0 Å². The summed E-state index contributed by atoms with van der Waals surface area (Å²) in [6.07, 6.45) is 1.52. The molecular weight excluding hydrogens is 346 g/mol. The Labute approximate surface area is 149 Å². The van der Waals surface area contributed by atoms with Crippen LogP contribution in [0.1, 0.15) is 18.9 Å². The molecule has 132 valence electrons. The van der Waals surface area contributed by atoms with E-state index in [0.29, 0.717) is 30.0 Å². The molecule has 0 spiro atoms. The van der Waals surface area contributed by atoms with Crippen LogP contribution in [0, 0.1) is 0 Å². The van der Waals surface area contributed by atoms with Crippen molar-refractivity contribution in [3.05, 3.63) is 35.0 Å². The Balaban J connectivity index is 1.68. The number of rotatable bonds is 5. The summed E-state index contributed by atoms with van der Waals surface area (Å²) in [4.78, 5) is 16.2. The van der Waals surface area contributed by atoms with E-state index in [1.54, 1.807) is 20.1 Å². The van der Waals surface area contributed by atoms with Crippen molar-refractivity contribution in [2.45, 2.75) is 19.1 Å². The van der Waals surface area contributed by atoms with Crippen LogP contribution < -0.4 is 10.2 Å². The smallest absolute Gasteiger partial charge is 0.245 e. The van der Waals surface area contributed by atoms with E-state index >= 15 is 0 Å². The first-order valence-electron chi connectivity index (χ1n) is 7.73. The van der Waals surface area contributed by atoms with Gasteiger partial charge in [0.15, 0.2) is 5.79 Å². The van der Waals surface area contributed by atoms with Gasteiger partial charge in [-0.2, -0.15) is 5.10 Å². The molecule has 2 aromatic rings. The van der Waals surface area contributed by atoms with Crippen molar-refractivity contribution < 1.29 is 19.0 Å². The highest BCUT2D eigenvalue weighted by atomic mass is 35.5. The van der Waals surface area contributed by atoms with E-state index in [0.717, 1.165) is 5.39 Å². The van der Waals surface area contributed by atoms with Crippen LogP contribution in [0.5, 0.6) is 5.75 Å². The first-order valence-corrected chi connectivity index (χ1v) is 8.11. The number of amides is 1. The van der Waals surface area contributed by atoms with E-state index in [4.69, 9.17) is 25.8 Å². The molecule has 1 amide bonds. The van der Waals surface area contributed by atoms with Gasteiger partial charge < -0.3 is 14.2 Å². The number of hydrogen-bond donors (Lipinski definition) is 1. The van der Waals surface area contributed by atoms with Crippen LogP contribution in [0.15, 0.2) is 29.4 Å². The summed E-state index contributed by atoms with van der Waals surface area (Å²) in [6, 6.07) is 7.35. The number of carbonyl (C=O) groups excluding carboxylic acids is 1. The number of nitrogens with zero attached hydrogens (tertiary/aromatic N) is 2. The number of fused-ring (bicyclic) bond motifs is 1. The van der Waals surface area contributed by atoms with Crippen molar-refractivity contribution in [2.75, 3.05) is 20.3 Å². The molecule has 1 N–H and O–H groups in total. The third kappa shape index (κ3) is 4.25. The fraction of sp³-hybridized carbons (Fsp3) is 0.353. The fourth-order valence-electron chi connectivity index (χ4n) is 2.52. The molecular formula is C17H18ClN3O4. The maximum atomic E-state index is 11.9. The molecule has 8 heteroatoms. The normalized spacial score (nSPS) is 16.4. The number of pyridine rings is 1. The van der Waals surface area contributed by atoms with E-state index in [1.807, 2.05) is 18.2 Å². The number of aromatic nitrogens is 1. The van der Waals surface area contributed by atoms with Crippen LogP contribution in [-0.2, 0) is 14.3 Å². The zero-order chi connectivity index (χ0) is 17.9. The Morgan fingerprint density at radius 2 is 2.20 bits per heavy atom. The quantitative estimate of drug-likeness (QED) is 0.501. The van der Waals surface area contributed by atoms with Crippen molar-refractivity contribution in [3.8, 4) is 5.75 Å². The number of hydrogen-bond acceptors (Lipinski definition) is 6. The van der Waals surface area contributed by atoms with E-state index < -0.39 is 5.79 Å². The van der Waals surface area contributed by atoms with Gasteiger partial charge in [0.05, 0.1) is 38.5 Å². The lowest BCUT2D eigenvalue weighted by Crippen LogP contribution is -2.33. The standard InChI is InChI=1S/C17H18ClN3O4/c1-17(24-5-6-25-17)9-15(22)21-19-10-12-7-11-3-4-13(23-2)8-14(11)20-16(12)18/h3-4,7-8,10H,5-6,9H2,1-2H3,(H,21,22)/b19-10-. The number of benzene rings is 1. The molecule has 7 nitrogen and oxygen atoms in total. The third-order valence-corrected chi connectivity index (χ3v) is 4.08. The SMILES string of the molecule is COc1ccc2cc(/C=N\NC(=O)CC3(C)OCCO3)c(Cl)nc2c1. The second-order valence-electron chi connectivity index (χ2n) is 5.73. The van der Waals surface area contributed by atoms with Crippen LogP contribution in [0.25, 0.3) is 10.9 Å². The number of carbonyl (C=O) groups is 1. The summed E-state index contributed by atoms with van der Waals surface area (Å²) in [5.74, 6) is -0.495. The minimum absolute atomic E-state index is 0.0633. The Morgan fingerprint density at radius 3 is 2.92 bits per heavy atom. The molecule has 25 heavy (non-hydrogen) atoms. The molecule has 1 fully saturated rings. The van der Waals surface area contributed by atoms with Gasteiger partial charge in [-0.25, -0.2) is 10.4 Å². The monoisotopic (exact) mass is 363 g/mol. The molecule has 1 aliphatic heterocycles. The highest BCUT2D eigenvalue weighted by molar-refractivity contribution is 6.32. The number of halogens is 1. The van der Waals surface area contributed by atoms with E-state index in [9.17, 15) is 4.79 Å². The predicted octanol–water partition coefficient (Wildman–Crippen LogP) is 2.50. The molecule has 0 aliphatic carbocycles. The van der Waals surface area contributed by atoms with Gasteiger partial charge in [0.25, 0.3) is 0 Å². The zero-order valence-corrected chi connectivity index (χ0v) is 14.7. The summed E-state index contributed by atoms with van der Waals surface area (Å²) in [5, 5.41) is 5.10. The van der Waals surface area contributed by atoms with Crippen molar-refractivity contribution in [2.24, 2.45) is 5.10 Å². The topological polar surface area (TPSA) is 82.0 Å². The highest BCUT2D eigenvalue weighted by Gasteiger charge is 2.33. The van der Waals surface area contributed by atoms with Gasteiger partial charge in [0, 0.05) is 17.0 Å². The van der Waals surface area contributed by atoms with Crippen LogP contribution >= 0.6 is 11.6 Å². The Morgan fingerprint density at radius 1 is 1.44 bits per heavy atom. The number of methoxy groups -OCH3 is 1. The summed E-state index contributed by atoms with van der Waals surface area (Å²) < 4.78 is 15.9. The fourth-order valence-corrected chi connectivity index (χ4v) is 2.72. The molecule has 3 rings (SSSR count). The second kappa shape index (κ2) is 7.35. The van der Waals surface area contributed by atoms with Crippen molar-refractivity contribution >= 4 is 34.6 Å². The van der Waals surface area contributed by atoms with Gasteiger partial charge in [-0.05, 0) is 25.1 Å². The maximum Gasteiger partial charge on any atom is 0.245 e. The van der Waals surface area contributed by atoms with Crippen molar-refractivity contribution in [1.82, 2.24) is 10.4 Å². The first kappa shape index (κ1) is 17.6. The molecule has 1 aliphatic rings. The maximum absolute atomic E-state index is 11.9. The molecule has 1 saturated heterocycles. The lowest BCUT2D eigenvalue weighted by Gasteiger charge is -2.20. The summed E-state index contributed by atoms with van der Waals surface area (Å²) in [7, 11) is 1.59. The van der Waals surface area contributed by atoms with E-state index in [-0.39, 0.29) is 17.5 Å². The van der Waals surface area contributed by atoms with Crippen molar-refractivity contribution in [3.63, 3.8) is 0 Å². The zero-order valence-electron chi connectivity index (χ0n) is 13.9. The van der Waals surface area contributed by atoms with E-state index in [1.165, 1.54) is 6.21 Å². The van der Waals surface area contributed by atoms with Crippen molar-refractivity contribution in [1.29, 1.82) is 0 Å². The Bertz CT molecular complexity index is 819. The van der Waals surface area contributed by atoms with Gasteiger partial charge >= 0.3 is 0 Å². The molecule has 0 atom stereocenters. The van der Waals surface area contributed by atoms with Crippen LogP contribution in [-0.4, -0.2) is 43.2 Å². The molecule has 0 unspecified atom stereocenters. The predicted molar refractivity (Wildman–Crippen MR) is 94.0 cm³/mol. The Kier molecular flexibility index (Phi) is 5.17. The van der Waals surface area contributed by atoms with E-state index in [2.05, 4.69) is 15.5 Å². The molecule has 1 aromatic heterocycles. The average molecular weight is 364 g/mol. The molecule has 2 heterocycles. The number of ether oxygens (including phenoxy) is 3. The second-order valence-corrected chi connectivity index (χ2v) is 6.09. The summed E-state index contributed by atoms with van der Waals surface area (Å²) in [6.45, 7) is 2.69. The van der Waals surface area contributed by atoms with Crippen LogP contribution in [0.3, 0.4) is 0 Å². The van der Waals surface area contributed by atoms with Crippen LogP contribution in [0.2, 0.25) is 5.15 Å². The van der Waals surface area contributed by atoms with Crippen LogP contribution in [0.4, 0.5) is 0 Å². The largest absolute Gasteiger partial charge is 0.497 e. The van der Waals surface area contributed by atoms with Gasteiger partial charge in [0.2, 0.25) is 5.91 Å². The Hall–Kier alpha value is -2.22. The molecule has 1 aromatic carbocycles. The molecule has 0 bridgehead atoms. The lowest BCUT2D eigenvalue weighted by atomic mass is 10.1. The molecule has 0 radical (unpaired) electrons. The first-order chi connectivity index (χ1) is 12.0. The summed E-state index contributed by atoms with van der Waals surface area (Å²) in [5.41, 5.74) is 3.75. The number of nitrogens with one attached hydrogen (secondary N) is 1. The molecule has 0 saturated carbocycles. The minimum atomic E-state index is -0.888. The third-order valence-electron chi connectivity index (χ3n) is 3.78. The van der Waals surface area contributed by atoms with Gasteiger partial charge in [-0.3, -0.25) is 4.79 Å². The highest BCUT2D eigenvalue weighted by Crippen LogP contribution is 2.24. The number of hydrazone groups is 1. The summed E-state index contributed by atoms with van der Waals surface area (Å²) >= 11 is 6.18. The van der Waals surface area contributed by atoms with Gasteiger partial charge in [0.1, 0.15) is 10.9 Å². The van der Waals surface area contributed by atoms with Gasteiger partial charge in [-0.1, -0.05) is 11.6 Å².